The summed E-state index contributed by atoms with van der Waals surface area (Å²) >= 11 is 12.5. The van der Waals surface area contributed by atoms with Crippen LogP contribution in [0.25, 0.3) is 0 Å². The van der Waals surface area contributed by atoms with Gasteiger partial charge in [0, 0.05) is 24.2 Å². The minimum atomic E-state index is 0. The number of hydrogen-bond acceptors (Lipinski definition) is 4. The molecule has 1 atom stereocenters. The molecule has 4 nitrogen and oxygen atoms in total. The van der Waals surface area contributed by atoms with Crippen LogP contribution in [0, 0.1) is 5.92 Å². The van der Waals surface area contributed by atoms with Crippen LogP contribution in [0.5, 0.6) is 11.5 Å². The molecule has 0 spiro atoms. The molecule has 0 amide bonds. The molecule has 1 N–H and O–H groups in total. The van der Waals surface area contributed by atoms with Gasteiger partial charge in [0.1, 0.15) is 6.61 Å². The fraction of sp³-hybridized carbons (Fsp3) is 0.478. The summed E-state index contributed by atoms with van der Waals surface area (Å²) in [6.07, 6.45) is 2.61. The number of piperidine rings is 3. The summed E-state index contributed by atoms with van der Waals surface area (Å²) in [6.45, 7) is 7.38. The molecular formula is C23H30Cl4N2O2. The maximum atomic E-state index is 6.58. The quantitative estimate of drug-likeness (QED) is 0.475. The largest absolute Gasteiger partial charge is 0.490 e. The Hall–Kier alpha value is -0.880. The molecule has 5 rings (SSSR count). The third-order valence-corrected chi connectivity index (χ3v) is 6.42. The third-order valence-electron chi connectivity index (χ3n) is 5.89. The highest BCUT2D eigenvalue weighted by atomic mass is 35.5. The van der Waals surface area contributed by atoms with Gasteiger partial charge in [0.15, 0.2) is 11.5 Å². The van der Waals surface area contributed by atoms with Crippen LogP contribution in [-0.2, 0) is 13.2 Å². The van der Waals surface area contributed by atoms with Crippen molar-refractivity contribution in [3.63, 3.8) is 0 Å². The minimum absolute atomic E-state index is 0. The fourth-order valence-electron chi connectivity index (χ4n) is 4.31. The van der Waals surface area contributed by atoms with Gasteiger partial charge < -0.3 is 19.7 Å². The summed E-state index contributed by atoms with van der Waals surface area (Å²) in [7, 11) is 0. The first-order valence-corrected chi connectivity index (χ1v) is 11.2. The second kappa shape index (κ2) is 12.4. The first kappa shape index (κ1) is 26.4. The van der Waals surface area contributed by atoms with Crippen LogP contribution in [0.4, 0.5) is 0 Å². The molecule has 2 aromatic rings. The van der Waals surface area contributed by atoms with E-state index in [0.29, 0.717) is 40.8 Å². The standard InChI is InChI=1S/C23H28Cl2N2O2.2ClH/c1-2-28-22-12-17(13-26-21-14-27-9-7-18(21)8-10-27)11-20(25)23(22)29-15-16-3-5-19(24)6-4-16;;/h3-6,11-12,18,21,26H,2,7-10,13-15H2,1H3;2*1H. The fourth-order valence-corrected chi connectivity index (χ4v) is 4.72. The Kier molecular flexibility index (Phi) is 10.5. The summed E-state index contributed by atoms with van der Waals surface area (Å²) < 4.78 is 11.8. The zero-order valence-corrected chi connectivity index (χ0v) is 20.8. The average molecular weight is 508 g/mol. The van der Waals surface area contributed by atoms with Crippen LogP contribution in [0.15, 0.2) is 36.4 Å². The summed E-state index contributed by atoms with van der Waals surface area (Å²) in [5, 5.41) is 5.03. The second-order valence-corrected chi connectivity index (χ2v) is 8.72. The van der Waals surface area contributed by atoms with Gasteiger partial charge >= 0.3 is 0 Å². The summed E-state index contributed by atoms with van der Waals surface area (Å²) in [5.41, 5.74) is 2.15. The first-order chi connectivity index (χ1) is 14.1. The Balaban J connectivity index is 0.00000171. The van der Waals surface area contributed by atoms with E-state index in [0.717, 1.165) is 30.1 Å². The van der Waals surface area contributed by atoms with Gasteiger partial charge in [-0.3, -0.25) is 0 Å². The Morgan fingerprint density at radius 3 is 2.32 bits per heavy atom. The van der Waals surface area contributed by atoms with E-state index in [1.165, 1.54) is 25.9 Å². The summed E-state index contributed by atoms with van der Waals surface area (Å²) in [6, 6.07) is 12.2. The molecule has 0 aromatic heterocycles. The summed E-state index contributed by atoms with van der Waals surface area (Å²) in [5.74, 6) is 2.08. The van der Waals surface area contributed by atoms with E-state index in [-0.39, 0.29) is 24.8 Å². The molecule has 2 bridgehead atoms. The molecule has 3 aliphatic rings. The first-order valence-electron chi connectivity index (χ1n) is 10.4. The molecule has 1 unspecified atom stereocenters. The van der Waals surface area contributed by atoms with E-state index < -0.39 is 0 Å². The Morgan fingerprint density at radius 2 is 1.71 bits per heavy atom. The number of rotatable bonds is 8. The predicted molar refractivity (Wildman–Crippen MR) is 133 cm³/mol. The molecule has 3 heterocycles. The van der Waals surface area contributed by atoms with Gasteiger partial charge in [-0.15, -0.1) is 24.8 Å². The molecule has 3 saturated heterocycles. The van der Waals surface area contributed by atoms with Gasteiger partial charge in [0.05, 0.1) is 11.6 Å². The zero-order valence-electron chi connectivity index (χ0n) is 17.6. The van der Waals surface area contributed by atoms with Crippen molar-refractivity contribution < 1.29 is 9.47 Å². The van der Waals surface area contributed by atoms with Crippen LogP contribution < -0.4 is 14.8 Å². The van der Waals surface area contributed by atoms with Gasteiger partial charge in [0.25, 0.3) is 0 Å². The Morgan fingerprint density at radius 1 is 1.00 bits per heavy atom. The van der Waals surface area contributed by atoms with E-state index in [1.807, 2.05) is 43.3 Å². The number of benzene rings is 2. The number of nitrogens with zero attached hydrogens (tertiary/aromatic N) is 1. The van der Waals surface area contributed by atoms with Crippen LogP contribution in [0.1, 0.15) is 30.9 Å². The maximum Gasteiger partial charge on any atom is 0.180 e. The van der Waals surface area contributed by atoms with Crippen molar-refractivity contribution in [1.82, 2.24) is 10.2 Å². The lowest BCUT2D eigenvalue weighted by molar-refractivity contribution is 0.0720. The highest BCUT2D eigenvalue weighted by Gasteiger charge is 2.33. The van der Waals surface area contributed by atoms with E-state index in [4.69, 9.17) is 32.7 Å². The Labute approximate surface area is 207 Å². The van der Waals surface area contributed by atoms with E-state index in [2.05, 4.69) is 10.2 Å². The van der Waals surface area contributed by atoms with E-state index in [9.17, 15) is 0 Å². The molecule has 0 aliphatic carbocycles. The van der Waals surface area contributed by atoms with Crippen LogP contribution in [0.2, 0.25) is 10.0 Å². The average Bonchev–Trinajstić information content (AvgIpc) is 2.74. The molecule has 3 aliphatic heterocycles. The van der Waals surface area contributed by atoms with Crippen molar-refractivity contribution in [2.75, 3.05) is 26.2 Å². The normalized spacial score (nSPS) is 21.7. The number of halogens is 4. The molecule has 8 heteroatoms. The number of fused-ring (bicyclic) bond motifs is 3. The van der Waals surface area contributed by atoms with Gasteiger partial charge in [-0.25, -0.2) is 0 Å². The highest BCUT2D eigenvalue weighted by molar-refractivity contribution is 6.32. The van der Waals surface area contributed by atoms with Crippen molar-refractivity contribution in [2.45, 2.75) is 39.0 Å². The lowest BCUT2D eigenvalue weighted by atomic mass is 9.84. The monoisotopic (exact) mass is 506 g/mol. The zero-order chi connectivity index (χ0) is 20.2. The maximum absolute atomic E-state index is 6.58. The second-order valence-electron chi connectivity index (χ2n) is 7.88. The van der Waals surface area contributed by atoms with Crippen molar-refractivity contribution in [3.05, 3.63) is 57.6 Å². The number of nitrogens with one attached hydrogen (secondary N) is 1. The van der Waals surface area contributed by atoms with E-state index >= 15 is 0 Å². The highest BCUT2D eigenvalue weighted by Crippen LogP contribution is 2.37. The number of hydrogen-bond donors (Lipinski definition) is 1. The lowest BCUT2D eigenvalue weighted by Crippen LogP contribution is -2.55. The topological polar surface area (TPSA) is 33.7 Å². The van der Waals surface area contributed by atoms with Gasteiger partial charge in [0.2, 0.25) is 0 Å². The lowest BCUT2D eigenvalue weighted by Gasteiger charge is -2.45. The molecule has 0 saturated carbocycles. The smallest absolute Gasteiger partial charge is 0.180 e. The Bertz CT molecular complexity index is 827. The summed E-state index contributed by atoms with van der Waals surface area (Å²) in [4.78, 5) is 2.56. The molecule has 3 fully saturated rings. The van der Waals surface area contributed by atoms with Crippen molar-refractivity contribution in [2.24, 2.45) is 5.92 Å². The van der Waals surface area contributed by atoms with Crippen molar-refractivity contribution in [1.29, 1.82) is 0 Å². The molecule has 0 radical (unpaired) electrons. The predicted octanol–water partition coefficient (Wildman–Crippen LogP) is 6.00. The van der Waals surface area contributed by atoms with Gasteiger partial charge in [-0.2, -0.15) is 0 Å². The molecule has 172 valence electrons. The third kappa shape index (κ3) is 6.80. The van der Waals surface area contributed by atoms with E-state index in [1.54, 1.807) is 0 Å². The number of ether oxygens (including phenoxy) is 2. The molecule has 2 aromatic carbocycles. The van der Waals surface area contributed by atoms with Crippen LogP contribution >= 0.6 is 48.0 Å². The SMILES string of the molecule is CCOc1cc(CNC2CN3CCC2CC3)cc(Cl)c1OCc1ccc(Cl)cc1.Cl.Cl. The van der Waals surface area contributed by atoms with Crippen molar-refractivity contribution in [3.8, 4) is 11.5 Å². The van der Waals surface area contributed by atoms with Gasteiger partial charge in [-0.1, -0.05) is 35.3 Å². The van der Waals surface area contributed by atoms with Crippen LogP contribution in [-0.4, -0.2) is 37.2 Å². The van der Waals surface area contributed by atoms with Crippen molar-refractivity contribution >= 4 is 48.0 Å². The molecule has 31 heavy (non-hydrogen) atoms. The minimum Gasteiger partial charge on any atom is -0.490 e. The molecular weight excluding hydrogens is 478 g/mol. The van der Waals surface area contributed by atoms with Gasteiger partial charge in [-0.05, 0) is 74.2 Å². The van der Waals surface area contributed by atoms with Crippen LogP contribution in [0.3, 0.4) is 0 Å².